The standard InChI is InChI=1S/C22H24N2O2/c1-24-19-13-6-5-12-18(19)22(21(24)26,14-16-8-3-2-4-9-16)15-20(25)23-17-10-7-11-17/h2-6,8-9,12-13,17H,7,10-11,14-15H2,1H3,(H,23,25). The van der Waals surface area contributed by atoms with Gasteiger partial charge in [-0.05, 0) is 42.9 Å². The van der Waals surface area contributed by atoms with Gasteiger partial charge < -0.3 is 10.2 Å². The minimum absolute atomic E-state index is 0.00584. The van der Waals surface area contributed by atoms with Crippen molar-refractivity contribution in [3.05, 3.63) is 65.7 Å². The number of anilines is 1. The van der Waals surface area contributed by atoms with Crippen molar-refractivity contribution in [2.75, 3.05) is 11.9 Å². The lowest BCUT2D eigenvalue weighted by atomic mass is 9.73. The molecule has 1 N–H and O–H groups in total. The normalized spacial score (nSPS) is 22.0. The summed E-state index contributed by atoms with van der Waals surface area (Å²) in [6.45, 7) is 0. The predicted molar refractivity (Wildman–Crippen MR) is 102 cm³/mol. The molecule has 4 rings (SSSR count). The maximum absolute atomic E-state index is 13.3. The van der Waals surface area contributed by atoms with E-state index in [4.69, 9.17) is 0 Å². The van der Waals surface area contributed by atoms with Crippen molar-refractivity contribution < 1.29 is 9.59 Å². The molecule has 0 saturated heterocycles. The highest BCUT2D eigenvalue weighted by atomic mass is 16.2. The number of nitrogens with one attached hydrogen (secondary N) is 1. The van der Waals surface area contributed by atoms with Crippen molar-refractivity contribution in [2.45, 2.75) is 43.6 Å². The van der Waals surface area contributed by atoms with Crippen LogP contribution in [-0.2, 0) is 21.4 Å². The Balaban J connectivity index is 1.72. The lowest BCUT2D eigenvalue weighted by Gasteiger charge is -2.31. The summed E-state index contributed by atoms with van der Waals surface area (Å²) in [5, 5.41) is 3.11. The molecule has 1 unspecified atom stereocenters. The zero-order valence-electron chi connectivity index (χ0n) is 15.1. The predicted octanol–water partition coefficient (Wildman–Crippen LogP) is 3.20. The minimum Gasteiger partial charge on any atom is -0.353 e. The van der Waals surface area contributed by atoms with Crippen LogP contribution < -0.4 is 10.2 Å². The average molecular weight is 348 g/mol. The van der Waals surface area contributed by atoms with Gasteiger partial charge in [0, 0.05) is 25.2 Å². The van der Waals surface area contributed by atoms with E-state index in [-0.39, 0.29) is 24.3 Å². The van der Waals surface area contributed by atoms with Gasteiger partial charge in [0.15, 0.2) is 0 Å². The average Bonchev–Trinajstić information content (AvgIpc) is 2.82. The second-order valence-electron chi connectivity index (χ2n) is 7.50. The van der Waals surface area contributed by atoms with Crippen LogP contribution >= 0.6 is 0 Å². The lowest BCUT2D eigenvalue weighted by molar-refractivity contribution is -0.130. The van der Waals surface area contributed by atoms with Gasteiger partial charge in [-0.3, -0.25) is 9.59 Å². The highest BCUT2D eigenvalue weighted by molar-refractivity contribution is 6.09. The van der Waals surface area contributed by atoms with Gasteiger partial charge >= 0.3 is 0 Å². The van der Waals surface area contributed by atoms with Gasteiger partial charge in [-0.1, -0.05) is 48.5 Å². The quantitative estimate of drug-likeness (QED) is 0.902. The summed E-state index contributed by atoms with van der Waals surface area (Å²) in [5.41, 5.74) is 2.10. The Hall–Kier alpha value is -2.62. The van der Waals surface area contributed by atoms with Crippen molar-refractivity contribution in [3.8, 4) is 0 Å². The number of nitrogens with zero attached hydrogens (tertiary/aromatic N) is 1. The Morgan fingerprint density at radius 2 is 1.81 bits per heavy atom. The number of rotatable bonds is 5. The minimum atomic E-state index is -0.833. The van der Waals surface area contributed by atoms with Gasteiger partial charge in [0.05, 0.1) is 5.41 Å². The molecule has 2 aromatic rings. The summed E-state index contributed by atoms with van der Waals surface area (Å²) in [4.78, 5) is 27.8. The van der Waals surface area contributed by atoms with E-state index in [1.165, 1.54) is 6.42 Å². The molecule has 4 nitrogen and oxygen atoms in total. The maximum atomic E-state index is 13.3. The van der Waals surface area contributed by atoms with E-state index in [1.807, 2.05) is 54.6 Å². The first kappa shape index (κ1) is 16.8. The van der Waals surface area contributed by atoms with E-state index in [0.717, 1.165) is 29.7 Å². The number of carbonyl (C=O) groups excluding carboxylic acids is 2. The summed E-state index contributed by atoms with van der Waals surface area (Å²) in [6.07, 6.45) is 3.99. The van der Waals surface area contributed by atoms with Crippen LogP contribution in [0.15, 0.2) is 54.6 Å². The first-order chi connectivity index (χ1) is 12.6. The molecule has 2 aliphatic rings. The van der Waals surface area contributed by atoms with Gasteiger partial charge in [0.25, 0.3) is 0 Å². The third-order valence-electron chi connectivity index (χ3n) is 5.78. The van der Waals surface area contributed by atoms with Gasteiger partial charge in [0.1, 0.15) is 0 Å². The monoisotopic (exact) mass is 348 g/mol. The van der Waals surface area contributed by atoms with Crippen LogP contribution in [0, 0.1) is 0 Å². The number of hydrogen-bond donors (Lipinski definition) is 1. The van der Waals surface area contributed by atoms with Crippen LogP contribution in [0.25, 0.3) is 0 Å². The van der Waals surface area contributed by atoms with Crippen molar-refractivity contribution in [1.82, 2.24) is 5.32 Å². The van der Waals surface area contributed by atoms with E-state index in [2.05, 4.69) is 5.32 Å². The molecule has 26 heavy (non-hydrogen) atoms. The van der Waals surface area contributed by atoms with E-state index < -0.39 is 5.41 Å². The third kappa shape index (κ3) is 2.79. The largest absolute Gasteiger partial charge is 0.353 e. The molecule has 1 fully saturated rings. The fourth-order valence-electron chi connectivity index (χ4n) is 4.17. The van der Waals surface area contributed by atoms with E-state index in [0.29, 0.717) is 6.42 Å². The number of benzene rings is 2. The molecule has 1 aliphatic heterocycles. The molecule has 0 aromatic heterocycles. The molecule has 0 spiro atoms. The summed E-state index contributed by atoms with van der Waals surface area (Å²) < 4.78 is 0. The van der Waals surface area contributed by atoms with Gasteiger partial charge in [0.2, 0.25) is 11.8 Å². The zero-order valence-corrected chi connectivity index (χ0v) is 15.1. The molecule has 0 bridgehead atoms. The number of para-hydroxylation sites is 1. The van der Waals surface area contributed by atoms with E-state index >= 15 is 0 Å². The molecule has 134 valence electrons. The second kappa shape index (κ2) is 6.60. The van der Waals surface area contributed by atoms with Crippen molar-refractivity contribution in [3.63, 3.8) is 0 Å². The number of amides is 2. The summed E-state index contributed by atoms with van der Waals surface area (Å²) in [7, 11) is 1.80. The summed E-state index contributed by atoms with van der Waals surface area (Å²) in [6, 6.07) is 18.1. The van der Waals surface area contributed by atoms with E-state index in [9.17, 15) is 9.59 Å². The fourth-order valence-corrected chi connectivity index (χ4v) is 4.17. The summed E-state index contributed by atoms with van der Waals surface area (Å²) in [5.74, 6) is -0.0182. The van der Waals surface area contributed by atoms with E-state index in [1.54, 1.807) is 11.9 Å². The molecule has 4 heteroatoms. The van der Waals surface area contributed by atoms with Crippen LogP contribution in [0.3, 0.4) is 0 Å². The molecule has 1 saturated carbocycles. The Morgan fingerprint density at radius 3 is 2.50 bits per heavy atom. The Kier molecular flexibility index (Phi) is 4.27. The highest BCUT2D eigenvalue weighted by Gasteiger charge is 2.50. The van der Waals surface area contributed by atoms with Crippen LogP contribution in [0.4, 0.5) is 5.69 Å². The fraction of sp³-hybridized carbons (Fsp3) is 0.364. The molecular weight excluding hydrogens is 324 g/mol. The Labute approximate surface area is 154 Å². The molecule has 1 aliphatic carbocycles. The Morgan fingerprint density at radius 1 is 1.12 bits per heavy atom. The zero-order chi connectivity index (χ0) is 18.1. The number of fused-ring (bicyclic) bond motifs is 1. The van der Waals surface area contributed by atoms with Gasteiger partial charge in [-0.25, -0.2) is 0 Å². The van der Waals surface area contributed by atoms with Gasteiger partial charge in [-0.2, -0.15) is 0 Å². The molecule has 1 atom stereocenters. The molecule has 0 radical (unpaired) electrons. The molecule has 2 aromatic carbocycles. The highest BCUT2D eigenvalue weighted by Crippen LogP contribution is 2.45. The molecule has 2 amide bonds. The SMILES string of the molecule is CN1C(=O)C(CC(=O)NC2CCC2)(Cc2ccccc2)c2ccccc21. The van der Waals surface area contributed by atoms with Crippen LogP contribution in [0.5, 0.6) is 0 Å². The van der Waals surface area contributed by atoms with Crippen molar-refractivity contribution >= 4 is 17.5 Å². The van der Waals surface area contributed by atoms with Crippen LogP contribution in [0.2, 0.25) is 0 Å². The Bertz CT molecular complexity index is 829. The van der Waals surface area contributed by atoms with Gasteiger partial charge in [-0.15, -0.1) is 0 Å². The first-order valence-electron chi connectivity index (χ1n) is 9.31. The van der Waals surface area contributed by atoms with Crippen LogP contribution in [0.1, 0.15) is 36.8 Å². The number of likely N-dealkylation sites (N-methyl/N-ethyl adjacent to an activating group) is 1. The first-order valence-corrected chi connectivity index (χ1v) is 9.31. The lowest BCUT2D eigenvalue weighted by Crippen LogP contribution is -2.47. The number of carbonyl (C=O) groups is 2. The maximum Gasteiger partial charge on any atom is 0.238 e. The van der Waals surface area contributed by atoms with Crippen LogP contribution in [-0.4, -0.2) is 24.9 Å². The topological polar surface area (TPSA) is 49.4 Å². The third-order valence-corrected chi connectivity index (χ3v) is 5.78. The second-order valence-corrected chi connectivity index (χ2v) is 7.50. The van der Waals surface area contributed by atoms with Crippen molar-refractivity contribution in [1.29, 1.82) is 0 Å². The summed E-state index contributed by atoms with van der Waals surface area (Å²) >= 11 is 0. The molecule has 1 heterocycles. The van der Waals surface area contributed by atoms with Crippen molar-refractivity contribution in [2.24, 2.45) is 0 Å². The smallest absolute Gasteiger partial charge is 0.238 e. The molecular formula is C22H24N2O2. The number of hydrogen-bond acceptors (Lipinski definition) is 2.